The van der Waals surface area contributed by atoms with Crippen molar-refractivity contribution in [3.05, 3.63) is 29.8 Å². The molecule has 3 nitrogen and oxygen atoms in total. The molecule has 0 aliphatic carbocycles. The number of carbonyl (C=O) groups excluding carboxylic acids is 1. The van der Waals surface area contributed by atoms with Gasteiger partial charge in [0.05, 0.1) is 12.2 Å². The summed E-state index contributed by atoms with van der Waals surface area (Å²) in [4.78, 5) is 21.2. The van der Waals surface area contributed by atoms with E-state index in [1.54, 1.807) is 31.2 Å². The van der Waals surface area contributed by atoms with Gasteiger partial charge in [-0.05, 0) is 37.3 Å². The Morgan fingerprint density at radius 1 is 1.33 bits per heavy atom. The predicted molar refractivity (Wildman–Crippen MR) is 61.7 cm³/mol. The summed E-state index contributed by atoms with van der Waals surface area (Å²) < 4.78 is 4.86. The molecule has 1 rings (SSSR count). The van der Waals surface area contributed by atoms with Crippen molar-refractivity contribution >= 4 is 19.5 Å². The van der Waals surface area contributed by atoms with E-state index in [1.807, 2.05) is 13.1 Å². The highest BCUT2D eigenvalue weighted by atomic mass is 28.4. The molecule has 0 saturated carbocycles. The minimum Gasteiger partial charge on any atom is -0.462 e. The van der Waals surface area contributed by atoms with E-state index in [4.69, 9.17) is 4.74 Å². The second-order valence-corrected chi connectivity index (χ2v) is 7.55. The van der Waals surface area contributed by atoms with Gasteiger partial charge in [-0.2, -0.15) is 0 Å². The molecule has 0 heterocycles. The maximum Gasteiger partial charge on any atom is 0.338 e. The molecule has 0 radical (unpaired) electrons. The maximum absolute atomic E-state index is 11.3. The van der Waals surface area contributed by atoms with Gasteiger partial charge in [0.1, 0.15) is 0 Å². The van der Waals surface area contributed by atoms with Crippen molar-refractivity contribution in [1.82, 2.24) is 0 Å². The van der Waals surface area contributed by atoms with E-state index in [0.29, 0.717) is 12.2 Å². The fraction of sp³-hybridized carbons (Fsp3) is 0.364. The average Bonchev–Trinajstić information content (AvgIpc) is 2.17. The van der Waals surface area contributed by atoms with E-state index in [0.717, 1.165) is 5.19 Å². The van der Waals surface area contributed by atoms with Crippen LogP contribution in [0.3, 0.4) is 0 Å². The molecule has 0 fully saturated rings. The lowest BCUT2D eigenvalue weighted by Gasteiger charge is -2.14. The van der Waals surface area contributed by atoms with Crippen LogP contribution >= 0.6 is 0 Å². The van der Waals surface area contributed by atoms with E-state index in [2.05, 4.69) is 0 Å². The molecule has 1 aromatic rings. The molecule has 0 bridgehead atoms. The molecule has 0 atom stereocenters. The minimum absolute atomic E-state index is 0.318. The van der Waals surface area contributed by atoms with Crippen molar-refractivity contribution in [3.63, 3.8) is 0 Å². The number of rotatable bonds is 3. The van der Waals surface area contributed by atoms with Crippen molar-refractivity contribution < 1.29 is 14.3 Å². The van der Waals surface area contributed by atoms with Crippen molar-refractivity contribution in [1.29, 1.82) is 0 Å². The van der Waals surface area contributed by atoms with Crippen LogP contribution in [0.2, 0.25) is 13.1 Å². The topological polar surface area (TPSA) is 46.5 Å². The van der Waals surface area contributed by atoms with Crippen LogP contribution in [0.5, 0.6) is 0 Å². The van der Waals surface area contributed by atoms with Gasteiger partial charge in [0.2, 0.25) is 8.32 Å². The number of ether oxygens (including phenoxy) is 1. The third-order valence-electron chi connectivity index (χ3n) is 2.10. The highest BCUT2D eigenvalue weighted by molar-refractivity contribution is 6.83. The van der Waals surface area contributed by atoms with Gasteiger partial charge in [0.15, 0.2) is 0 Å². The summed E-state index contributed by atoms with van der Waals surface area (Å²) in [6, 6.07) is 6.97. The van der Waals surface area contributed by atoms with Crippen molar-refractivity contribution in [2.75, 3.05) is 6.61 Å². The average molecular weight is 224 g/mol. The van der Waals surface area contributed by atoms with Crippen LogP contribution in [0.15, 0.2) is 24.3 Å². The molecule has 15 heavy (non-hydrogen) atoms. The number of carbonyl (C=O) groups is 1. The van der Waals surface area contributed by atoms with E-state index < -0.39 is 8.32 Å². The lowest BCUT2D eigenvalue weighted by atomic mass is 10.2. The summed E-state index contributed by atoms with van der Waals surface area (Å²) in [5.74, 6) is -0.318. The summed E-state index contributed by atoms with van der Waals surface area (Å²) in [5.41, 5.74) is 0.527. The lowest BCUT2D eigenvalue weighted by molar-refractivity contribution is 0.0526. The quantitative estimate of drug-likeness (QED) is 0.621. The number of esters is 1. The lowest BCUT2D eigenvalue weighted by Crippen LogP contribution is -2.41. The van der Waals surface area contributed by atoms with Crippen LogP contribution in [0.1, 0.15) is 17.3 Å². The largest absolute Gasteiger partial charge is 0.462 e. The Morgan fingerprint density at radius 2 is 1.87 bits per heavy atom. The molecule has 1 N–H and O–H groups in total. The summed E-state index contributed by atoms with van der Waals surface area (Å²) in [7, 11) is -2.26. The molecule has 0 amide bonds. The third kappa shape index (κ3) is 3.18. The van der Waals surface area contributed by atoms with Crippen LogP contribution in [0, 0.1) is 0 Å². The molecule has 0 unspecified atom stereocenters. The zero-order valence-corrected chi connectivity index (χ0v) is 10.3. The molecule has 0 aromatic heterocycles. The van der Waals surface area contributed by atoms with Gasteiger partial charge in [-0.15, -0.1) is 0 Å². The Bertz CT molecular complexity index is 338. The molecule has 82 valence electrons. The predicted octanol–water partition coefficient (Wildman–Crippen LogP) is 1.27. The Kier molecular flexibility index (Phi) is 3.65. The molecule has 0 spiro atoms. The highest BCUT2D eigenvalue weighted by Crippen LogP contribution is 2.03. The van der Waals surface area contributed by atoms with Gasteiger partial charge in [-0.25, -0.2) is 4.79 Å². The van der Waals surface area contributed by atoms with Crippen molar-refractivity contribution in [2.45, 2.75) is 20.0 Å². The summed E-state index contributed by atoms with van der Waals surface area (Å²) in [6.45, 7) is 5.83. The fourth-order valence-corrected chi connectivity index (χ4v) is 2.21. The van der Waals surface area contributed by atoms with Crippen LogP contribution in [0.25, 0.3) is 0 Å². The van der Waals surface area contributed by atoms with Gasteiger partial charge < -0.3 is 9.53 Å². The number of hydrogen-bond donors (Lipinski definition) is 1. The summed E-state index contributed by atoms with van der Waals surface area (Å²) >= 11 is 0. The van der Waals surface area contributed by atoms with Gasteiger partial charge in [0, 0.05) is 0 Å². The van der Waals surface area contributed by atoms with Crippen molar-refractivity contribution in [3.8, 4) is 0 Å². The zero-order valence-electron chi connectivity index (χ0n) is 9.28. The summed E-state index contributed by atoms with van der Waals surface area (Å²) in [5, 5.41) is 0.913. The van der Waals surface area contributed by atoms with Crippen LogP contribution < -0.4 is 5.19 Å². The maximum atomic E-state index is 11.3. The molecular weight excluding hydrogens is 208 g/mol. The first-order chi connectivity index (χ1) is 6.95. The molecule has 0 aliphatic heterocycles. The Hall–Kier alpha value is -1.13. The number of benzene rings is 1. The molecule has 0 saturated heterocycles. The minimum atomic E-state index is -2.26. The monoisotopic (exact) mass is 224 g/mol. The molecule has 4 heteroatoms. The normalized spacial score (nSPS) is 11.2. The second-order valence-electron chi connectivity index (χ2n) is 3.86. The highest BCUT2D eigenvalue weighted by Gasteiger charge is 2.20. The molecular formula is C11H16O3Si. The Morgan fingerprint density at radius 3 is 2.27 bits per heavy atom. The van der Waals surface area contributed by atoms with E-state index in [1.165, 1.54) is 0 Å². The first-order valence-electron chi connectivity index (χ1n) is 4.95. The molecule has 1 aromatic carbocycles. The van der Waals surface area contributed by atoms with E-state index >= 15 is 0 Å². The first-order valence-corrected chi connectivity index (χ1v) is 7.90. The SMILES string of the molecule is CCOC(=O)c1ccc([Si](C)(C)O)cc1. The van der Waals surface area contributed by atoms with Gasteiger partial charge in [-0.1, -0.05) is 12.1 Å². The van der Waals surface area contributed by atoms with E-state index in [-0.39, 0.29) is 5.97 Å². The van der Waals surface area contributed by atoms with E-state index in [9.17, 15) is 9.59 Å². The van der Waals surface area contributed by atoms with Crippen LogP contribution in [-0.4, -0.2) is 25.7 Å². The Balaban J connectivity index is 2.86. The third-order valence-corrected chi connectivity index (χ3v) is 3.85. The number of hydrogen-bond acceptors (Lipinski definition) is 3. The second kappa shape index (κ2) is 4.59. The first kappa shape index (κ1) is 11.9. The van der Waals surface area contributed by atoms with Crippen LogP contribution in [0.4, 0.5) is 0 Å². The van der Waals surface area contributed by atoms with Gasteiger partial charge in [-0.3, -0.25) is 0 Å². The Labute approximate surface area is 90.8 Å². The summed E-state index contributed by atoms with van der Waals surface area (Å²) in [6.07, 6.45) is 0. The van der Waals surface area contributed by atoms with Crippen molar-refractivity contribution in [2.24, 2.45) is 0 Å². The molecule has 0 aliphatic rings. The standard InChI is InChI=1S/C11H16O3Si/c1-4-14-11(12)9-5-7-10(8-6-9)15(2,3)13/h5-8,13H,4H2,1-3H3. The zero-order chi connectivity index (χ0) is 11.5. The smallest absolute Gasteiger partial charge is 0.338 e. The fourth-order valence-electron chi connectivity index (χ4n) is 1.23. The van der Waals surface area contributed by atoms with Crippen LogP contribution in [-0.2, 0) is 4.74 Å². The van der Waals surface area contributed by atoms with Gasteiger partial charge in [0.25, 0.3) is 0 Å². The van der Waals surface area contributed by atoms with Gasteiger partial charge >= 0.3 is 5.97 Å².